The molecule has 0 spiro atoms. The Hall–Kier alpha value is -1.59. The Labute approximate surface area is 114 Å². The number of hydrogen-bond donors (Lipinski definition) is 2. The third-order valence-electron chi connectivity index (χ3n) is 2.54. The van der Waals surface area contributed by atoms with Crippen LogP contribution in [0, 0.1) is 6.92 Å². The molecule has 19 heavy (non-hydrogen) atoms. The van der Waals surface area contributed by atoms with Crippen molar-refractivity contribution in [3.8, 4) is 5.75 Å². The number of carbonyl (C=O) groups is 1. The lowest BCUT2D eigenvalue weighted by atomic mass is 10.2. The quantitative estimate of drug-likeness (QED) is 0.647. The summed E-state index contributed by atoms with van der Waals surface area (Å²) in [5, 5.41) is 5.76. The molecule has 5 heteroatoms. The van der Waals surface area contributed by atoms with Crippen molar-refractivity contribution in [2.45, 2.75) is 6.92 Å². The molecule has 0 fully saturated rings. The van der Waals surface area contributed by atoms with Crippen LogP contribution in [0.1, 0.15) is 5.56 Å². The SMILES string of the molecule is COCCNCC(=O)NCCOc1ccccc1C. The van der Waals surface area contributed by atoms with Crippen molar-refractivity contribution >= 4 is 5.91 Å². The lowest BCUT2D eigenvalue weighted by molar-refractivity contribution is -0.120. The number of hydrogen-bond acceptors (Lipinski definition) is 4. The van der Waals surface area contributed by atoms with Gasteiger partial charge in [-0.05, 0) is 18.6 Å². The molecule has 0 saturated heterocycles. The van der Waals surface area contributed by atoms with Crippen LogP contribution in [-0.2, 0) is 9.53 Å². The molecule has 0 aliphatic carbocycles. The molecule has 0 unspecified atom stereocenters. The second-order valence-electron chi connectivity index (χ2n) is 4.13. The summed E-state index contributed by atoms with van der Waals surface area (Å²) in [5.74, 6) is 0.819. The van der Waals surface area contributed by atoms with Crippen molar-refractivity contribution in [2.75, 3.05) is 40.0 Å². The predicted molar refractivity (Wildman–Crippen MR) is 74.4 cm³/mol. The number of amides is 1. The van der Waals surface area contributed by atoms with E-state index in [-0.39, 0.29) is 5.91 Å². The first-order valence-corrected chi connectivity index (χ1v) is 6.39. The van der Waals surface area contributed by atoms with Crippen LogP contribution in [0.2, 0.25) is 0 Å². The van der Waals surface area contributed by atoms with E-state index in [2.05, 4.69) is 10.6 Å². The number of para-hydroxylation sites is 1. The topological polar surface area (TPSA) is 59.6 Å². The minimum atomic E-state index is -0.0375. The fourth-order valence-electron chi connectivity index (χ4n) is 1.51. The molecule has 0 radical (unpaired) electrons. The van der Waals surface area contributed by atoms with Gasteiger partial charge in [0.25, 0.3) is 0 Å². The van der Waals surface area contributed by atoms with Crippen molar-refractivity contribution in [1.29, 1.82) is 0 Å². The molecule has 5 nitrogen and oxygen atoms in total. The van der Waals surface area contributed by atoms with Gasteiger partial charge >= 0.3 is 0 Å². The summed E-state index contributed by atoms with van der Waals surface area (Å²) in [7, 11) is 1.63. The van der Waals surface area contributed by atoms with Crippen molar-refractivity contribution in [2.24, 2.45) is 0 Å². The Morgan fingerprint density at radius 1 is 1.21 bits per heavy atom. The number of benzene rings is 1. The van der Waals surface area contributed by atoms with Crippen LogP contribution >= 0.6 is 0 Å². The molecule has 0 aromatic heterocycles. The van der Waals surface area contributed by atoms with Crippen LogP contribution in [0.5, 0.6) is 5.75 Å². The molecule has 1 amide bonds. The van der Waals surface area contributed by atoms with Crippen LogP contribution in [0.4, 0.5) is 0 Å². The van der Waals surface area contributed by atoms with Crippen LogP contribution in [0.15, 0.2) is 24.3 Å². The van der Waals surface area contributed by atoms with E-state index in [1.165, 1.54) is 0 Å². The molecule has 0 atom stereocenters. The molecule has 2 N–H and O–H groups in total. The first-order valence-electron chi connectivity index (χ1n) is 6.39. The average Bonchev–Trinajstić information content (AvgIpc) is 2.41. The zero-order valence-corrected chi connectivity index (χ0v) is 11.6. The number of ether oxygens (including phenoxy) is 2. The van der Waals surface area contributed by atoms with Gasteiger partial charge in [0.2, 0.25) is 5.91 Å². The second-order valence-corrected chi connectivity index (χ2v) is 4.13. The molecule has 0 bridgehead atoms. The average molecular weight is 266 g/mol. The number of nitrogens with one attached hydrogen (secondary N) is 2. The number of rotatable bonds is 9. The zero-order valence-electron chi connectivity index (χ0n) is 11.6. The molecule has 0 aliphatic rings. The maximum Gasteiger partial charge on any atom is 0.234 e. The molecule has 0 aliphatic heterocycles. The first kappa shape index (κ1) is 15.5. The Bertz CT molecular complexity index is 383. The van der Waals surface area contributed by atoms with E-state index < -0.39 is 0 Å². The summed E-state index contributed by atoms with van der Waals surface area (Å²) >= 11 is 0. The third kappa shape index (κ3) is 6.79. The van der Waals surface area contributed by atoms with Gasteiger partial charge in [0, 0.05) is 13.7 Å². The molecular formula is C14H22N2O3. The summed E-state index contributed by atoms with van der Waals surface area (Å²) < 4.78 is 10.4. The standard InChI is InChI=1S/C14H22N2O3/c1-12-5-3-4-6-13(12)19-10-8-16-14(17)11-15-7-9-18-2/h3-6,15H,7-11H2,1-2H3,(H,16,17). The summed E-state index contributed by atoms with van der Waals surface area (Å²) in [6.07, 6.45) is 0. The molecular weight excluding hydrogens is 244 g/mol. The maximum atomic E-state index is 11.4. The van der Waals surface area contributed by atoms with E-state index in [4.69, 9.17) is 9.47 Å². The van der Waals surface area contributed by atoms with Gasteiger partial charge in [0.1, 0.15) is 12.4 Å². The molecule has 1 rings (SSSR count). The van der Waals surface area contributed by atoms with Crippen molar-refractivity contribution in [3.05, 3.63) is 29.8 Å². The smallest absolute Gasteiger partial charge is 0.234 e. The predicted octanol–water partition coefficient (Wildman–Crippen LogP) is 0.726. The molecule has 0 saturated carbocycles. The van der Waals surface area contributed by atoms with Crippen LogP contribution < -0.4 is 15.4 Å². The van der Waals surface area contributed by atoms with Gasteiger partial charge < -0.3 is 20.1 Å². The number of methoxy groups -OCH3 is 1. The third-order valence-corrected chi connectivity index (χ3v) is 2.54. The lowest BCUT2D eigenvalue weighted by Gasteiger charge is -2.10. The van der Waals surface area contributed by atoms with Gasteiger partial charge in [-0.25, -0.2) is 0 Å². The van der Waals surface area contributed by atoms with E-state index >= 15 is 0 Å². The van der Waals surface area contributed by atoms with Crippen molar-refractivity contribution < 1.29 is 14.3 Å². The van der Waals surface area contributed by atoms with Gasteiger partial charge in [-0.15, -0.1) is 0 Å². The molecule has 1 aromatic rings. The highest BCUT2D eigenvalue weighted by Crippen LogP contribution is 2.15. The molecule has 0 heterocycles. The van der Waals surface area contributed by atoms with Crippen molar-refractivity contribution in [3.63, 3.8) is 0 Å². The van der Waals surface area contributed by atoms with E-state index in [0.717, 1.165) is 11.3 Å². The maximum absolute atomic E-state index is 11.4. The summed E-state index contributed by atoms with van der Waals surface area (Å²) in [6.45, 7) is 4.53. The van der Waals surface area contributed by atoms with Gasteiger partial charge in [0.15, 0.2) is 0 Å². The van der Waals surface area contributed by atoms with Crippen molar-refractivity contribution in [1.82, 2.24) is 10.6 Å². The highest BCUT2D eigenvalue weighted by molar-refractivity contribution is 5.77. The highest BCUT2D eigenvalue weighted by Gasteiger charge is 2.00. The van der Waals surface area contributed by atoms with Gasteiger partial charge in [-0.2, -0.15) is 0 Å². The van der Waals surface area contributed by atoms with E-state index in [9.17, 15) is 4.79 Å². The lowest BCUT2D eigenvalue weighted by Crippen LogP contribution is -2.37. The fourth-order valence-corrected chi connectivity index (χ4v) is 1.51. The Kier molecular flexibility index (Phi) is 7.62. The monoisotopic (exact) mass is 266 g/mol. The van der Waals surface area contributed by atoms with Crippen LogP contribution in [0.3, 0.4) is 0 Å². The van der Waals surface area contributed by atoms with Crippen LogP contribution in [0.25, 0.3) is 0 Å². The van der Waals surface area contributed by atoms with Gasteiger partial charge in [-0.1, -0.05) is 18.2 Å². The molecule has 106 valence electrons. The van der Waals surface area contributed by atoms with E-state index in [0.29, 0.717) is 32.8 Å². The van der Waals surface area contributed by atoms with Crippen LogP contribution in [-0.4, -0.2) is 45.9 Å². The Morgan fingerprint density at radius 3 is 2.74 bits per heavy atom. The number of carbonyl (C=O) groups excluding carboxylic acids is 1. The normalized spacial score (nSPS) is 10.2. The summed E-state index contributed by atoms with van der Waals surface area (Å²) in [6, 6.07) is 7.81. The summed E-state index contributed by atoms with van der Waals surface area (Å²) in [5.41, 5.74) is 1.09. The van der Waals surface area contributed by atoms with E-state index in [1.54, 1.807) is 7.11 Å². The van der Waals surface area contributed by atoms with E-state index in [1.807, 2.05) is 31.2 Å². The first-order chi connectivity index (χ1) is 9.24. The minimum absolute atomic E-state index is 0.0375. The molecule has 1 aromatic carbocycles. The second kappa shape index (κ2) is 9.35. The minimum Gasteiger partial charge on any atom is -0.491 e. The van der Waals surface area contributed by atoms with Gasteiger partial charge in [0.05, 0.1) is 19.7 Å². The Balaban J connectivity index is 2.07. The zero-order chi connectivity index (χ0) is 13.9. The summed E-state index contributed by atoms with van der Waals surface area (Å²) in [4.78, 5) is 11.4. The fraction of sp³-hybridized carbons (Fsp3) is 0.500. The largest absolute Gasteiger partial charge is 0.491 e. The number of aryl methyl sites for hydroxylation is 1. The Morgan fingerprint density at radius 2 is 2.00 bits per heavy atom. The highest BCUT2D eigenvalue weighted by atomic mass is 16.5. The van der Waals surface area contributed by atoms with Gasteiger partial charge in [-0.3, -0.25) is 4.79 Å².